The van der Waals surface area contributed by atoms with Crippen LogP contribution in [0.2, 0.25) is 0 Å². The summed E-state index contributed by atoms with van der Waals surface area (Å²) >= 11 is 1.27. The molecule has 1 N–H and O–H groups in total. The molecule has 2 aromatic carbocycles. The molecule has 7 nitrogen and oxygen atoms in total. The van der Waals surface area contributed by atoms with Crippen molar-refractivity contribution >= 4 is 29.0 Å². The number of nitro benzene ring substituents is 1. The van der Waals surface area contributed by atoms with Crippen LogP contribution in [0.1, 0.15) is 5.56 Å². The van der Waals surface area contributed by atoms with Gasteiger partial charge in [0.15, 0.2) is 5.16 Å². The van der Waals surface area contributed by atoms with Crippen LogP contribution in [0.3, 0.4) is 0 Å². The largest absolute Gasteiger partial charge is 0.325 e. The molecule has 0 spiro atoms. The first-order chi connectivity index (χ1) is 13.0. The van der Waals surface area contributed by atoms with E-state index in [1.807, 2.05) is 4.57 Å². The summed E-state index contributed by atoms with van der Waals surface area (Å²) in [5, 5.41) is 14.0. The van der Waals surface area contributed by atoms with Crippen molar-refractivity contribution in [2.75, 3.05) is 11.1 Å². The summed E-state index contributed by atoms with van der Waals surface area (Å²) in [6, 6.07) is 11.8. The van der Waals surface area contributed by atoms with Crippen LogP contribution in [-0.2, 0) is 11.3 Å². The number of benzene rings is 2. The van der Waals surface area contributed by atoms with Gasteiger partial charge in [0.05, 0.1) is 10.7 Å². The molecular weight excluding hydrogens is 371 g/mol. The molecule has 1 amide bonds. The number of carbonyl (C=O) groups is 1. The molecule has 3 rings (SSSR count). The number of thioether (sulfide) groups is 1. The summed E-state index contributed by atoms with van der Waals surface area (Å²) in [6.45, 7) is 0.520. The highest BCUT2D eigenvalue weighted by Crippen LogP contribution is 2.19. The van der Waals surface area contributed by atoms with Crippen LogP contribution in [0.4, 0.5) is 15.8 Å². The van der Waals surface area contributed by atoms with Crippen molar-refractivity contribution in [2.45, 2.75) is 11.7 Å². The summed E-state index contributed by atoms with van der Waals surface area (Å²) in [7, 11) is 0. The molecule has 0 saturated heterocycles. The highest BCUT2D eigenvalue weighted by Gasteiger charge is 2.10. The van der Waals surface area contributed by atoms with E-state index in [-0.39, 0.29) is 23.2 Å². The second-order valence-electron chi connectivity index (χ2n) is 5.61. The predicted octanol–water partition coefficient (Wildman–Crippen LogP) is 3.71. The van der Waals surface area contributed by atoms with E-state index >= 15 is 0 Å². The van der Waals surface area contributed by atoms with Crippen LogP contribution < -0.4 is 5.32 Å². The first-order valence-electron chi connectivity index (χ1n) is 7.94. The van der Waals surface area contributed by atoms with Crippen LogP contribution in [0.15, 0.2) is 66.1 Å². The summed E-state index contributed by atoms with van der Waals surface area (Å²) in [4.78, 5) is 26.5. The number of anilines is 1. The maximum atomic E-state index is 13.0. The number of non-ortho nitro benzene ring substituents is 1. The summed E-state index contributed by atoms with van der Waals surface area (Å²) in [5.41, 5.74) is 1.37. The first kappa shape index (κ1) is 18.6. The summed E-state index contributed by atoms with van der Waals surface area (Å²) < 4.78 is 14.9. The zero-order chi connectivity index (χ0) is 19.2. The minimum Gasteiger partial charge on any atom is -0.325 e. The van der Waals surface area contributed by atoms with E-state index in [0.29, 0.717) is 17.4 Å². The van der Waals surface area contributed by atoms with Gasteiger partial charge in [0.25, 0.3) is 5.69 Å². The average molecular weight is 386 g/mol. The fraction of sp³-hybridized carbons (Fsp3) is 0.111. The van der Waals surface area contributed by atoms with Gasteiger partial charge in [0, 0.05) is 36.8 Å². The SMILES string of the molecule is O=C(CSc1nccn1Cc1ccc(F)cc1)Nc1ccc([N+](=O)[O-])cc1. The molecule has 9 heteroatoms. The molecule has 0 aliphatic carbocycles. The fourth-order valence-corrected chi connectivity index (χ4v) is 3.10. The van der Waals surface area contributed by atoms with Gasteiger partial charge in [-0.25, -0.2) is 9.37 Å². The van der Waals surface area contributed by atoms with Gasteiger partial charge in [-0.05, 0) is 29.8 Å². The molecule has 0 bridgehead atoms. The van der Waals surface area contributed by atoms with Gasteiger partial charge in [-0.1, -0.05) is 23.9 Å². The molecule has 0 aliphatic heterocycles. The van der Waals surface area contributed by atoms with Gasteiger partial charge in [-0.15, -0.1) is 0 Å². The maximum Gasteiger partial charge on any atom is 0.269 e. The van der Waals surface area contributed by atoms with Crippen molar-refractivity contribution in [2.24, 2.45) is 0 Å². The van der Waals surface area contributed by atoms with Crippen LogP contribution >= 0.6 is 11.8 Å². The molecule has 1 heterocycles. The lowest BCUT2D eigenvalue weighted by Crippen LogP contribution is -2.14. The first-order valence-corrected chi connectivity index (χ1v) is 8.92. The van der Waals surface area contributed by atoms with E-state index in [1.165, 1.54) is 48.2 Å². The standard InChI is InChI=1S/C18H15FN4O3S/c19-14-3-1-13(2-4-14)11-22-10-9-20-18(22)27-12-17(24)21-15-5-7-16(8-6-15)23(25)26/h1-10H,11-12H2,(H,21,24). The number of aromatic nitrogens is 2. The quantitative estimate of drug-likeness (QED) is 0.380. The highest BCUT2D eigenvalue weighted by atomic mass is 32.2. The Bertz CT molecular complexity index is 942. The number of imidazole rings is 1. The zero-order valence-corrected chi connectivity index (χ0v) is 14.9. The van der Waals surface area contributed by atoms with Gasteiger partial charge in [-0.3, -0.25) is 14.9 Å². The molecule has 3 aromatic rings. The molecule has 0 radical (unpaired) electrons. The number of amides is 1. The van der Waals surface area contributed by atoms with Crippen LogP contribution in [0, 0.1) is 15.9 Å². The van der Waals surface area contributed by atoms with Crippen molar-refractivity contribution in [3.63, 3.8) is 0 Å². The van der Waals surface area contributed by atoms with Crippen molar-refractivity contribution in [3.8, 4) is 0 Å². The number of halogens is 1. The monoisotopic (exact) mass is 386 g/mol. The fourth-order valence-electron chi connectivity index (χ4n) is 2.34. The number of hydrogen-bond acceptors (Lipinski definition) is 5. The van der Waals surface area contributed by atoms with Crippen molar-refractivity contribution in [3.05, 3.63) is 82.4 Å². The third kappa shape index (κ3) is 5.14. The third-order valence-electron chi connectivity index (χ3n) is 3.64. The van der Waals surface area contributed by atoms with Crippen LogP contribution in [-0.4, -0.2) is 26.1 Å². The van der Waals surface area contributed by atoms with Crippen molar-refractivity contribution in [1.82, 2.24) is 9.55 Å². The van der Waals surface area contributed by atoms with Crippen molar-refractivity contribution in [1.29, 1.82) is 0 Å². The number of rotatable bonds is 7. The second kappa shape index (κ2) is 8.45. The highest BCUT2D eigenvalue weighted by molar-refractivity contribution is 7.99. The summed E-state index contributed by atoms with van der Waals surface area (Å²) in [6.07, 6.45) is 3.43. The van der Waals surface area contributed by atoms with Gasteiger partial charge < -0.3 is 9.88 Å². The minimum atomic E-state index is -0.498. The maximum absolute atomic E-state index is 13.0. The van der Waals surface area contributed by atoms with Gasteiger partial charge >= 0.3 is 0 Å². The second-order valence-corrected chi connectivity index (χ2v) is 6.55. The van der Waals surface area contributed by atoms with Crippen LogP contribution in [0.5, 0.6) is 0 Å². The van der Waals surface area contributed by atoms with E-state index in [0.717, 1.165) is 5.56 Å². The Labute approximate surface area is 158 Å². The van der Waals surface area contributed by atoms with Gasteiger partial charge in [0.2, 0.25) is 5.91 Å². The van der Waals surface area contributed by atoms with Gasteiger partial charge in [0.1, 0.15) is 5.82 Å². The molecule has 0 atom stereocenters. The Hall–Kier alpha value is -3.20. The molecule has 138 valence electrons. The Balaban J connectivity index is 1.55. The number of nitro groups is 1. The van der Waals surface area contributed by atoms with Crippen molar-refractivity contribution < 1.29 is 14.1 Å². The minimum absolute atomic E-state index is 0.0369. The topological polar surface area (TPSA) is 90.1 Å². The lowest BCUT2D eigenvalue weighted by Gasteiger charge is -2.08. The molecule has 0 fully saturated rings. The molecule has 27 heavy (non-hydrogen) atoms. The molecule has 0 aliphatic rings. The predicted molar refractivity (Wildman–Crippen MR) is 100 cm³/mol. The zero-order valence-electron chi connectivity index (χ0n) is 14.0. The van der Waals surface area contributed by atoms with E-state index in [1.54, 1.807) is 24.5 Å². The molecular formula is C18H15FN4O3S. The molecule has 0 saturated carbocycles. The Morgan fingerprint density at radius 1 is 1.19 bits per heavy atom. The smallest absolute Gasteiger partial charge is 0.269 e. The normalized spacial score (nSPS) is 10.6. The van der Waals surface area contributed by atoms with Crippen LogP contribution in [0.25, 0.3) is 0 Å². The number of carbonyl (C=O) groups excluding carboxylic acids is 1. The van der Waals surface area contributed by atoms with E-state index in [2.05, 4.69) is 10.3 Å². The van der Waals surface area contributed by atoms with E-state index in [4.69, 9.17) is 0 Å². The summed E-state index contributed by atoms with van der Waals surface area (Å²) in [5.74, 6) is -0.399. The Morgan fingerprint density at radius 2 is 1.89 bits per heavy atom. The average Bonchev–Trinajstić information content (AvgIpc) is 3.09. The number of nitrogens with one attached hydrogen (secondary N) is 1. The Morgan fingerprint density at radius 3 is 2.56 bits per heavy atom. The lowest BCUT2D eigenvalue weighted by atomic mass is 10.2. The molecule has 1 aromatic heterocycles. The lowest BCUT2D eigenvalue weighted by molar-refractivity contribution is -0.384. The van der Waals surface area contributed by atoms with E-state index in [9.17, 15) is 19.3 Å². The Kier molecular flexibility index (Phi) is 5.82. The van der Waals surface area contributed by atoms with Gasteiger partial charge in [-0.2, -0.15) is 0 Å². The number of nitrogens with zero attached hydrogens (tertiary/aromatic N) is 3. The number of hydrogen-bond donors (Lipinski definition) is 1. The third-order valence-corrected chi connectivity index (χ3v) is 4.64. The van der Waals surface area contributed by atoms with E-state index < -0.39 is 4.92 Å². The molecule has 0 unspecified atom stereocenters.